The zero-order valence-electron chi connectivity index (χ0n) is 11.7. The lowest BCUT2D eigenvalue weighted by Gasteiger charge is -2.36. The van der Waals surface area contributed by atoms with Crippen molar-refractivity contribution in [2.75, 3.05) is 6.54 Å². The fourth-order valence-corrected chi connectivity index (χ4v) is 2.73. The van der Waals surface area contributed by atoms with E-state index in [9.17, 15) is 0 Å². The number of aryl methyl sites for hydroxylation is 2. The molecule has 1 aromatic rings. The van der Waals surface area contributed by atoms with Gasteiger partial charge in [-0.3, -0.25) is 0 Å². The summed E-state index contributed by atoms with van der Waals surface area (Å²) in [5.41, 5.74) is 9.81. The Kier molecular flexibility index (Phi) is 4.41. The maximum Gasteiger partial charge on any atom is 0.0808 e. The first-order valence-electron chi connectivity index (χ1n) is 7.05. The van der Waals surface area contributed by atoms with E-state index in [4.69, 9.17) is 10.5 Å². The quantitative estimate of drug-likeness (QED) is 0.884. The van der Waals surface area contributed by atoms with Crippen LogP contribution in [-0.4, -0.2) is 12.1 Å². The van der Waals surface area contributed by atoms with Gasteiger partial charge in [0.2, 0.25) is 0 Å². The van der Waals surface area contributed by atoms with Gasteiger partial charge in [-0.15, -0.1) is 0 Å². The van der Waals surface area contributed by atoms with E-state index in [0.29, 0.717) is 13.2 Å². The van der Waals surface area contributed by atoms with E-state index in [2.05, 4.69) is 32.0 Å². The molecular weight excluding hydrogens is 222 g/mol. The van der Waals surface area contributed by atoms with Crippen molar-refractivity contribution in [1.82, 2.24) is 0 Å². The summed E-state index contributed by atoms with van der Waals surface area (Å²) >= 11 is 0. The lowest BCUT2D eigenvalue weighted by atomic mass is 9.84. The molecule has 0 saturated heterocycles. The first-order valence-corrected chi connectivity index (χ1v) is 7.05. The van der Waals surface area contributed by atoms with E-state index in [1.54, 1.807) is 0 Å². The molecule has 0 heterocycles. The molecule has 2 N–H and O–H groups in total. The third-order valence-electron chi connectivity index (χ3n) is 4.25. The predicted octanol–water partition coefficient (Wildman–Crippen LogP) is 3.48. The van der Waals surface area contributed by atoms with Crippen molar-refractivity contribution >= 4 is 0 Å². The van der Waals surface area contributed by atoms with Crippen LogP contribution < -0.4 is 5.73 Å². The molecule has 0 amide bonds. The van der Waals surface area contributed by atoms with E-state index < -0.39 is 0 Å². The molecule has 2 rings (SSSR count). The summed E-state index contributed by atoms with van der Waals surface area (Å²) in [4.78, 5) is 0. The van der Waals surface area contributed by atoms with Crippen molar-refractivity contribution in [2.24, 2.45) is 5.73 Å². The number of hydrogen-bond acceptors (Lipinski definition) is 2. The summed E-state index contributed by atoms with van der Waals surface area (Å²) in [7, 11) is 0. The smallest absolute Gasteiger partial charge is 0.0808 e. The third-order valence-corrected chi connectivity index (χ3v) is 4.25. The summed E-state index contributed by atoms with van der Waals surface area (Å²) in [6.45, 7) is 5.64. The molecule has 1 saturated carbocycles. The van der Waals surface area contributed by atoms with Crippen molar-refractivity contribution in [1.29, 1.82) is 0 Å². The molecule has 1 aromatic carbocycles. The van der Waals surface area contributed by atoms with Crippen LogP contribution in [0.3, 0.4) is 0 Å². The van der Waals surface area contributed by atoms with Crippen molar-refractivity contribution in [2.45, 2.75) is 58.2 Å². The molecule has 2 nitrogen and oxygen atoms in total. The molecule has 0 radical (unpaired) electrons. The van der Waals surface area contributed by atoms with Crippen LogP contribution in [0.5, 0.6) is 0 Å². The van der Waals surface area contributed by atoms with Crippen LogP contribution in [0.15, 0.2) is 18.2 Å². The molecule has 0 unspecified atom stereocenters. The van der Waals surface area contributed by atoms with Crippen LogP contribution in [-0.2, 0) is 11.3 Å². The minimum atomic E-state index is -0.0585. The molecule has 1 aliphatic carbocycles. The van der Waals surface area contributed by atoms with Gasteiger partial charge in [-0.1, -0.05) is 37.5 Å². The number of benzene rings is 1. The van der Waals surface area contributed by atoms with Crippen LogP contribution in [0.4, 0.5) is 0 Å². The molecule has 1 fully saturated rings. The molecule has 0 aromatic heterocycles. The highest BCUT2D eigenvalue weighted by Gasteiger charge is 2.31. The predicted molar refractivity (Wildman–Crippen MR) is 75.6 cm³/mol. The maximum absolute atomic E-state index is 6.18. The first kappa shape index (κ1) is 13.6. The van der Waals surface area contributed by atoms with Gasteiger partial charge in [-0.05, 0) is 43.4 Å². The topological polar surface area (TPSA) is 35.2 Å². The molecule has 0 aliphatic heterocycles. The lowest BCUT2D eigenvalue weighted by Crippen LogP contribution is -2.42. The average molecular weight is 247 g/mol. The van der Waals surface area contributed by atoms with Crippen LogP contribution in [0.25, 0.3) is 0 Å². The number of ether oxygens (including phenoxy) is 1. The summed E-state index contributed by atoms with van der Waals surface area (Å²) in [5.74, 6) is 0. The standard InChI is InChI=1S/C16H25NO/c1-13-6-7-15(10-14(13)2)11-18-16(12-17)8-4-3-5-9-16/h6-7,10H,3-5,8-9,11-12,17H2,1-2H3. The summed E-state index contributed by atoms with van der Waals surface area (Å²) in [6, 6.07) is 6.56. The summed E-state index contributed by atoms with van der Waals surface area (Å²) in [5, 5.41) is 0. The van der Waals surface area contributed by atoms with Gasteiger partial charge in [0.1, 0.15) is 0 Å². The van der Waals surface area contributed by atoms with E-state index in [1.165, 1.54) is 36.0 Å². The highest BCUT2D eigenvalue weighted by atomic mass is 16.5. The van der Waals surface area contributed by atoms with Crippen LogP contribution in [0, 0.1) is 13.8 Å². The van der Waals surface area contributed by atoms with Crippen molar-refractivity contribution < 1.29 is 4.74 Å². The fraction of sp³-hybridized carbons (Fsp3) is 0.625. The Hall–Kier alpha value is -0.860. The molecule has 100 valence electrons. The second-order valence-corrected chi connectivity index (χ2v) is 5.66. The number of rotatable bonds is 4. The normalized spacial score (nSPS) is 18.8. The van der Waals surface area contributed by atoms with Gasteiger partial charge in [0.05, 0.1) is 12.2 Å². The van der Waals surface area contributed by atoms with Crippen LogP contribution in [0.1, 0.15) is 48.8 Å². The SMILES string of the molecule is Cc1ccc(COC2(CN)CCCCC2)cc1C. The van der Waals surface area contributed by atoms with E-state index in [1.807, 2.05) is 0 Å². The van der Waals surface area contributed by atoms with Crippen molar-refractivity contribution in [3.8, 4) is 0 Å². The molecule has 0 spiro atoms. The number of nitrogens with two attached hydrogens (primary N) is 1. The summed E-state index contributed by atoms with van der Waals surface area (Å²) in [6.07, 6.45) is 6.08. The van der Waals surface area contributed by atoms with Gasteiger partial charge in [0.15, 0.2) is 0 Å². The van der Waals surface area contributed by atoms with Crippen LogP contribution >= 0.6 is 0 Å². The Morgan fingerprint density at radius 3 is 2.44 bits per heavy atom. The Bertz CT molecular complexity index is 394. The highest BCUT2D eigenvalue weighted by Crippen LogP contribution is 2.31. The average Bonchev–Trinajstić information content (AvgIpc) is 2.41. The second kappa shape index (κ2) is 5.85. The molecule has 0 atom stereocenters. The van der Waals surface area contributed by atoms with Gasteiger partial charge < -0.3 is 10.5 Å². The zero-order chi connectivity index (χ0) is 13.0. The molecule has 1 aliphatic rings. The zero-order valence-corrected chi connectivity index (χ0v) is 11.7. The van der Waals surface area contributed by atoms with Gasteiger partial charge in [0.25, 0.3) is 0 Å². The largest absolute Gasteiger partial charge is 0.369 e. The minimum Gasteiger partial charge on any atom is -0.369 e. The van der Waals surface area contributed by atoms with E-state index >= 15 is 0 Å². The van der Waals surface area contributed by atoms with Gasteiger partial charge >= 0.3 is 0 Å². The Balaban J connectivity index is 1.98. The first-order chi connectivity index (χ1) is 8.65. The molecule has 18 heavy (non-hydrogen) atoms. The lowest BCUT2D eigenvalue weighted by molar-refractivity contribution is -0.0733. The van der Waals surface area contributed by atoms with E-state index in [0.717, 1.165) is 12.8 Å². The fourth-order valence-electron chi connectivity index (χ4n) is 2.73. The highest BCUT2D eigenvalue weighted by molar-refractivity contribution is 5.29. The van der Waals surface area contributed by atoms with Gasteiger partial charge in [-0.25, -0.2) is 0 Å². The maximum atomic E-state index is 6.18. The van der Waals surface area contributed by atoms with Crippen LogP contribution in [0.2, 0.25) is 0 Å². The minimum absolute atomic E-state index is 0.0585. The molecule has 0 bridgehead atoms. The third kappa shape index (κ3) is 3.12. The Morgan fingerprint density at radius 2 is 1.83 bits per heavy atom. The molecular formula is C16H25NO. The Morgan fingerprint density at radius 1 is 1.11 bits per heavy atom. The van der Waals surface area contributed by atoms with Crippen molar-refractivity contribution in [3.63, 3.8) is 0 Å². The second-order valence-electron chi connectivity index (χ2n) is 5.66. The molecule has 2 heteroatoms. The van der Waals surface area contributed by atoms with Crippen molar-refractivity contribution in [3.05, 3.63) is 34.9 Å². The van der Waals surface area contributed by atoms with Gasteiger partial charge in [0, 0.05) is 6.54 Å². The monoisotopic (exact) mass is 247 g/mol. The summed E-state index contributed by atoms with van der Waals surface area (Å²) < 4.78 is 6.18. The van der Waals surface area contributed by atoms with Gasteiger partial charge in [-0.2, -0.15) is 0 Å². The number of hydrogen-bond donors (Lipinski definition) is 1. The van der Waals surface area contributed by atoms with E-state index in [-0.39, 0.29) is 5.60 Å². The Labute approximate surface area is 111 Å².